The van der Waals surface area contributed by atoms with E-state index in [4.69, 9.17) is 4.74 Å². The van der Waals surface area contributed by atoms with E-state index < -0.39 is 0 Å². The smallest absolute Gasteiger partial charge is 0.228 e. The molecule has 0 bridgehead atoms. The molecule has 0 saturated carbocycles. The maximum atomic E-state index is 11.9. The normalized spacial score (nSPS) is 11.4. The SMILES string of the molecule is CCOc1ccc(NC(=O)C(C)CNC)c(C)c1.Cl. The van der Waals surface area contributed by atoms with Gasteiger partial charge in [0.05, 0.1) is 6.61 Å². The second-order valence-electron chi connectivity index (χ2n) is 4.36. The largest absolute Gasteiger partial charge is 0.494 e. The first-order chi connectivity index (χ1) is 8.58. The van der Waals surface area contributed by atoms with Gasteiger partial charge in [0.15, 0.2) is 0 Å². The zero-order chi connectivity index (χ0) is 13.5. The van der Waals surface area contributed by atoms with Gasteiger partial charge in [0, 0.05) is 18.2 Å². The fourth-order valence-electron chi connectivity index (χ4n) is 1.69. The van der Waals surface area contributed by atoms with Crippen molar-refractivity contribution in [2.75, 3.05) is 25.5 Å². The maximum Gasteiger partial charge on any atom is 0.228 e. The Kier molecular flexibility index (Phi) is 8.19. The molecule has 5 heteroatoms. The molecule has 0 spiro atoms. The predicted molar refractivity (Wildman–Crippen MR) is 81.3 cm³/mol. The van der Waals surface area contributed by atoms with E-state index in [1.807, 2.05) is 46.0 Å². The number of anilines is 1. The third-order valence-electron chi connectivity index (χ3n) is 2.72. The first-order valence-corrected chi connectivity index (χ1v) is 6.27. The highest BCUT2D eigenvalue weighted by molar-refractivity contribution is 5.93. The van der Waals surface area contributed by atoms with Gasteiger partial charge in [-0.25, -0.2) is 0 Å². The van der Waals surface area contributed by atoms with Gasteiger partial charge in [-0.3, -0.25) is 4.79 Å². The van der Waals surface area contributed by atoms with Gasteiger partial charge in [-0.15, -0.1) is 12.4 Å². The molecule has 0 aliphatic rings. The summed E-state index contributed by atoms with van der Waals surface area (Å²) in [4.78, 5) is 11.9. The van der Waals surface area contributed by atoms with E-state index in [1.54, 1.807) is 0 Å². The van der Waals surface area contributed by atoms with Crippen molar-refractivity contribution in [2.45, 2.75) is 20.8 Å². The summed E-state index contributed by atoms with van der Waals surface area (Å²) in [5.41, 5.74) is 1.84. The first kappa shape index (κ1) is 17.7. The molecule has 0 fully saturated rings. The fourth-order valence-corrected chi connectivity index (χ4v) is 1.69. The van der Waals surface area contributed by atoms with Crippen LogP contribution in [0.4, 0.5) is 5.69 Å². The zero-order valence-electron chi connectivity index (χ0n) is 11.9. The van der Waals surface area contributed by atoms with E-state index in [-0.39, 0.29) is 24.2 Å². The van der Waals surface area contributed by atoms with Crippen LogP contribution >= 0.6 is 12.4 Å². The lowest BCUT2D eigenvalue weighted by Crippen LogP contribution is -2.28. The quantitative estimate of drug-likeness (QED) is 0.845. The van der Waals surface area contributed by atoms with E-state index in [0.717, 1.165) is 17.0 Å². The van der Waals surface area contributed by atoms with Crippen molar-refractivity contribution in [3.8, 4) is 5.75 Å². The third kappa shape index (κ3) is 5.49. The Morgan fingerprint density at radius 1 is 1.42 bits per heavy atom. The summed E-state index contributed by atoms with van der Waals surface area (Å²) in [5, 5.41) is 5.92. The minimum atomic E-state index is -0.0547. The van der Waals surface area contributed by atoms with Crippen LogP contribution in [0.2, 0.25) is 0 Å². The van der Waals surface area contributed by atoms with Gasteiger partial charge in [-0.1, -0.05) is 6.92 Å². The molecule has 4 nitrogen and oxygen atoms in total. The van der Waals surface area contributed by atoms with Crippen LogP contribution in [0.5, 0.6) is 5.75 Å². The summed E-state index contributed by atoms with van der Waals surface area (Å²) >= 11 is 0. The average Bonchev–Trinajstić information content (AvgIpc) is 2.33. The Labute approximate surface area is 121 Å². The van der Waals surface area contributed by atoms with Crippen LogP contribution in [0.15, 0.2) is 18.2 Å². The van der Waals surface area contributed by atoms with Crippen molar-refractivity contribution < 1.29 is 9.53 Å². The molecule has 2 N–H and O–H groups in total. The predicted octanol–water partition coefficient (Wildman–Crippen LogP) is 2.61. The number of carbonyl (C=O) groups is 1. The van der Waals surface area contributed by atoms with Crippen LogP contribution in [0.1, 0.15) is 19.4 Å². The lowest BCUT2D eigenvalue weighted by atomic mass is 10.1. The summed E-state index contributed by atoms with van der Waals surface area (Å²) in [6.07, 6.45) is 0. The van der Waals surface area contributed by atoms with E-state index >= 15 is 0 Å². The molecule has 19 heavy (non-hydrogen) atoms. The minimum Gasteiger partial charge on any atom is -0.494 e. The number of halogens is 1. The van der Waals surface area contributed by atoms with Crippen LogP contribution in [0, 0.1) is 12.8 Å². The molecular formula is C14H23ClN2O2. The number of benzene rings is 1. The van der Waals surface area contributed by atoms with Crippen molar-refractivity contribution in [1.82, 2.24) is 5.32 Å². The summed E-state index contributed by atoms with van der Waals surface area (Å²) in [6, 6.07) is 5.68. The lowest BCUT2D eigenvalue weighted by Gasteiger charge is -2.14. The van der Waals surface area contributed by atoms with E-state index in [9.17, 15) is 4.79 Å². The molecule has 1 aromatic carbocycles. The summed E-state index contributed by atoms with van der Waals surface area (Å²) in [5.74, 6) is 0.800. The van der Waals surface area contributed by atoms with Crippen molar-refractivity contribution in [1.29, 1.82) is 0 Å². The van der Waals surface area contributed by atoms with Crippen molar-refractivity contribution in [3.05, 3.63) is 23.8 Å². The van der Waals surface area contributed by atoms with E-state index in [0.29, 0.717) is 13.2 Å². The summed E-state index contributed by atoms with van der Waals surface area (Å²) < 4.78 is 5.41. The molecule has 1 aromatic rings. The molecule has 0 aliphatic heterocycles. The van der Waals surface area contributed by atoms with Crippen LogP contribution in [-0.2, 0) is 4.79 Å². The molecule has 1 rings (SSSR count). The number of hydrogen-bond acceptors (Lipinski definition) is 3. The molecule has 0 aromatic heterocycles. The maximum absolute atomic E-state index is 11.9. The van der Waals surface area contributed by atoms with E-state index in [1.165, 1.54) is 0 Å². The van der Waals surface area contributed by atoms with Gasteiger partial charge in [0.1, 0.15) is 5.75 Å². The fraction of sp³-hybridized carbons (Fsp3) is 0.500. The molecule has 0 radical (unpaired) electrons. The highest BCUT2D eigenvalue weighted by Gasteiger charge is 2.13. The van der Waals surface area contributed by atoms with Gasteiger partial charge < -0.3 is 15.4 Å². The molecule has 0 aliphatic carbocycles. The molecular weight excluding hydrogens is 264 g/mol. The van der Waals surface area contributed by atoms with E-state index in [2.05, 4.69) is 10.6 Å². The zero-order valence-corrected chi connectivity index (χ0v) is 12.8. The minimum absolute atomic E-state index is 0. The van der Waals surface area contributed by atoms with Crippen molar-refractivity contribution in [3.63, 3.8) is 0 Å². The van der Waals surface area contributed by atoms with Crippen molar-refractivity contribution >= 4 is 24.0 Å². The first-order valence-electron chi connectivity index (χ1n) is 6.27. The van der Waals surface area contributed by atoms with Crippen LogP contribution in [-0.4, -0.2) is 26.1 Å². The Morgan fingerprint density at radius 3 is 2.63 bits per heavy atom. The molecule has 1 atom stereocenters. The number of rotatable bonds is 6. The molecule has 1 unspecified atom stereocenters. The Balaban J connectivity index is 0.00000324. The second-order valence-corrected chi connectivity index (χ2v) is 4.36. The van der Waals surface area contributed by atoms with Gasteiger partial charge >= 0.3 is 0 Å². The summed E-state index contributed by atoms with van der Waals surface area (Å²) in [7, 11) is 1.84. The summed E-state index contributed by atoms with van der Waals surface area (Å²) in [6.45, 7) is 7.12. The van der Waals surface area contributed by atoms with Gasteiger partial charge in [-0.2, -0.15) is 0 Å². The molecule has 108 valence electrons. The van der Waals surface area contributed by atoms with Gasteiger partial charge in [0.25, 0.3) is 0 Å². The lowest BCUT2D eigenvalue weighted by molar-refractivity contribution is -0.119. The van der Waals surface area contributed by atoms with Crippen LogP contribution in [0.25, 0.3) is 0 Å². The number of nitrogens with one attached hydrogen (secondary N) is 2. The Hall–Kier alpha value is -1.26. The number of aryl methyl sites for hydroxylation is 1. The highest BCUT2D eigenvalue weighted by Crippen LogP contribution is 2.21. The molecule has 1 amide bonds. The highest BCUT2D eigenvalue weighted by atomic mass is 35.5. The topological polar surface area (TPSA) is 50.4 Å². The molecule has 0 heterocycles. The Morgan fingerprint density at radius 2 is 2.11 bits per heavy atom. The van der Waals surface area contributed by atoms with Gasteiger partial charge in [0.2, 0.25) is 5.91 Å². The number of ether oxygens (including phenoxy) is 1. The number of amides is 1. The molecule has 0 saturated heterocycles. The third-order valence-corrected chi connectivity index (χ3v) is 2.72. The second kappa shape index (κ2) is 8.77. The monoisotopic (exact) mass is 286 g/mol. The number of carbonyl (C=O) groups excluding carboxylic acids is 1. The van der Waals surface area contributed by atoms with Gasteiger partial charge in [-0.05, 0) is 44.7 Å². The van der Waals surface area contributed by atoms with Crippen molar-refractivity contribution in [2.24, 2.45) is 5.92 Å². The van der Waals surface area contributed by atoms with Crippen LogP contribution < -0.4 is 15.4 Å². The standard InChI is InChI=1S/C14H22N2O2.ClH/c1-5-18-12-6-7-13(10(2)8-12)16-14(17)11(3)9-15-4;/h6-8,11,15H,5,9H2,1-4H3,(H,16,17);1H. The average molecular weight is 287 g/mol. The number of hydrogen-bond donors (Lipinski definition) is 2. The Bertz CT molecular complexity index is 410. The van der Waals surface area contributed by atoms with Crippen LogP contribution in [0.3, 0.4) is 0 Å².